The number of piperidine rings is 1. The van der Waals surface area contributed by atoms with E-state index in [0.717, 1.165) is 47.9 Å². The number of hydrogen-bond acceptors (Lipinski definition) is 3. The van der Waals surface area contributed by atoms with Crippen molar-refractivity contribution in [3.8, 4) is 5.75 Å². The highest BCUT2D eigenvalue weighted by Gasteiger charge is 2.16. The number of ether oxygens (including phenoxy) is 1. The molecule has 1 aliphatic rings. The first-order chi connectivity index (χ1) is 14.0. The largest absolute Gasteiger partial charge is 0.496 e. The van der Waals surface area contributed by atoms with Gasteiger partial charge in [0.05, 0.1) is 13.2 Å². The van der Waals surface area contributed by atoms with Crippen molar-refractivity contribution < 1.29 is 9.53 Å². The molecule has 0 bridgehead atoms. The Labute approximate surface area is 175 Å². The van der Waals surface area contributed by atoms with Gasteiger partial charge >= 0.3 is 0 Å². The molecule has 2 aromatic carbocycles. The van der Waals surface area contributed by atoms with Gasteiger partial charge in [0.2, 0.25) is 5.91 Å². The number of methoxy groups -OCH3 is 1. The minimum absolute atomic E-state index is 0.00975. The van der Waals surface area contributed by atoms with Crippen LogP contribution in [0.3, 0.4) is 0 Å². The molecule has 29 heavy (non-hydrogen) atoms. The summed E-state index contributed by atoms with van der Waals surface area (Å²) in [5.74, 6) is 1.80. The maximum absolute atomic E-state index is 12.4. The molecule has 1 atom stereocenters. The van der Waals surface area contributed by atoms with E-state index >= 15 is 0 Å². The van der Waals surface area contributed by atoms with Gasteiger partial charge < -0.3 is 15.0 Å². The van der Waals surface area contributed by atoms with E-state index in [4.69, 9.17) is 4.74 Å². The van der Waals surface area contributed by atoms with E-state index in [-0.39, 0.29) is 11.9 Å². The summed E-state index contributed by atoms with van der Waals surface area (Å²) in [5, 5.41) is 3.13. The topological polar surface area (TPSA) is 41.6 Å². The Hall–Kier alpha value is -2.49. The number of nitrogens with one attached hydrogen (secondary N) is 1. The highest BCUT2D eigenvalue weighted by Crippen LogP contribution is 2.25. The van der Waals surface area contributed by atoms with Crippen LogP contribution in [0.5, 0.6) is 5.75 Å². The first-order valence-electron chi connectivity index (χ1n) is 10.7. The summed E-state index contributed by atoms with van der Waals surface area (Å²) in [6.07, 6.45) is 3.75. The van der Waals surface area contributed by atoms with Crippen LogP contribution in [0, 0.1) is 12.8 Å². The fourth-order valence-corrected chi connectivity index (χ4v) is 3.99. The number of amides is 1. The lowest BCUT2D eigenvalue weighted by Gasteiger charge is -2.32. The molecule has 0 aliphatic carbocycles. The fourth-order valence-electron chi connectivity index (χ4n) is 3.99. The first-order valence-corrected chi connectivity index (χ1v) is 10.7. The molecule has 3 rings (SSSR count). The van der Waals surface area contributed by atoms with E-state index in [9.17, 15) is 4.79 Å². The Morgan fingerprint density at radius 2 is 1.86 bits per heavy atom. The van der Waals surface area contributed by atoms with Crippen LogP contribution in [0.1, 0.15) is 55.8 Å². The molecule has 4 nitrogen and oxygen atoms in total. The van der Waals surface area contributed by atoms with Crippen molar-refractivity contribution in [1.82, 2.24) is 5.32 Å². The second-order valence-corrected chi connectivity index (χ2v) is 8.35. The van der Waals surface area contributed by atoms with Gasteiger partial charge in [0.25, 0.3) is 0 Å². The van der Waals surface area contributed by atoms with E-state index < -0.39 is 0 Å². The third-order valence-electron chi connectivity index (χ3n) is 6.02. The average molecular weight is 395 g/mol. The lowest BCUT2D eigenvalue weighted by Crippen LogP contribution is -2.32. The van der Waals surface area contributed by atoms with Crippen LogP contribution in [-0.2, 0) is 11.2 Å². The molecule has 1 N–H and O–H groups in total. The maximum Gasteiger partial charge on any atom is 0.220 e. The number of carbonyl (C=O) groups is 1. The minimum Gasteiger partial charge on any atom is -0.496 e. The molecule has 1 saturated heterocycles. The van der Waals surface area contributed by atoms with Gasteiger partial charge in [0, 0.05) is 25.2 Å². The molecule has 0 saturated carbocycles. The van der Waals surface area contributed by atoms with E-state index in [2.05, 4.69) is 47.5 Å². The van der Waals surface area contributed by atoms with Crippen molar-refractivity contribution in [2.45, 2.75) is 52.5 Å². The van der Waals surface area contributed by atoms with Crippen LogP contribution in [0.2, 0.25) is 0 Å². The predicted octanol–water partition coefficient (Wildman–Crippen LogP) is 5.05. The van der Waals surface area contributed by atoms with Gasteiger partial charge in [-0.05, 0) is 73.9 Å². The van der Waals surface area contributed by atoms with E-state index in [1.165, 1.54) is 18.5 Å². The lowest BCUT2D eigenvalue weighted by atomic mass is 9.98. The number of aryl methyl sites for hydroxylation is 2. The second kappa shape index (κ2) is 9.82. The van der Waals surface area contributed by atoms with Crippen molar-refractivity contribution in [1.29, 1.82) is 0 Å². The summed E-state index contributed by atoms with van der Waals surface area (Å²) >= 11 is 0. The van der Waals surface area contributed by atoms with Crippen LogP contribution in [0.4, 0.5) is 5.69 Å². The van der Waals surface area contributed by atoms with Crippen molar-refractivity contribution in [2.75, 3.05) is 25.1 Å². The molecule has 1 amide bonds. The Morgan fingerprint density at radius 1 is 1.17 bits per heavy atom. The maximum atomic E-state index is 12.4. The Balaban J connectivity index is 1.49. The first kappa shape index (κ1) is 21.2. The number of carbonyl (C=O) groups excluding carboxylic acids is 1. The number of nitrogens with zero attached hydrogens (tertiary/aromatic N) is 1. The highest BCUT2D eigenvalue weighted by molar-refractivity contribution is 5.76. The summed E-state index contributed by atoms with van der Waals surface area (Å²) in [7, 11) is 1.68. The van der Waals surface area contributed by atoms with Gasteiger partial charge in [-0.2, -0.15) is 0 Å². The van der Waals surface area contributed by atoms with Gasteiger partial charge in [-0.25, -0.2) is 0 Å². The Kier molecular flexibility index (Phi) is 7.18. The van der Waals surface area contributed by atoms with Gasteiger partial charge in [0.1, 0.15) is 5.75 Å². The average Bonchev–Trinajstić information content (AvgIpc) is 2.73. The quantitative estimate of drug-likeness (QED) is 0.714. The molecule has 156 valence electrons. The summed E-state index contributed by atoms with van der Waals surface area (Å²) in [6, 6.07) is 14.8. The lowest BCUT2D eigenvalue weighted by molar-refractivity contribution is -0.121. The molecule has 1 heterocycles. The van der Waals surface area contributed by atoms with Crippen LogP contribution in [0.25, 0.3) is 0 Å². The summed E-state index contributed by atoms with van der Waals surface area (Å²) in [4.78, 5) is 14.9. The fraction of sp³-hybridized carbons (Fsp3) is 0.480. The van der Waals surface area contributed by atoms with E-state index in [1.54, 1.807) is 7.11 Å². The number of hydrogen-bond donors (Lipinski definition) is 1. The number of rotatable bonds is 7. The molecule has 0 unspecified atom stereocenters. The summed E-state index contributed by atoms with van der Waals surface area (Å²) in [5.41, 5.74) is 4.69. The predicted molar refractivity (Wildman–Crippen MR) is 120 cm³/mol. The summed E-state index contributed by atoms with van der Waals surface area (Å²) < 4.78 is 5.30. The Morgan fingerprint density at radius 3 is 2.48 bits per heavy atom. The highest BCUT2D eigenvalue weighted by atomic mass is 16.5. The zero-order valence-corrected chi connectivity index (χ0v) is 18.2. The molecule has 4 heteroatoms. The molecular formula is C25H34N2O2. The van der Waals surface area contributed by atoms with Gasteiger partial charge in [-0.3, -0.25) is 4.79 Å². The van der Waals surface area contributed by atoms with Crippen LogP contribution in [-0.4, -0.2) is 26.1 Å². The second-order valence-electron chi connectivity index (χ2n) is 8.35. The van der Waals surface area contributed by atoms with E-state index in [0.29, 0.717) is 6.42 Å². The van der Waals surface area contributed by atoms with Crippen LogP contribution in [0.15, 0.2) is 42.5 Å². The van der Waals surface area contributed by atoms with Crippen molar-refractivity contribution in [3.05, 3.63) is 59.2 Å². The van der Waals surface area contributed by atoms with Crippen molar-refractivity contribution in [3.63, 3.8) is 0 Å². The smallest absolute Gasteiger partial charge is 0.220 e. The van der Waals surface area contributed by atoms with Gasteiger partial charge in [-0.15, -0.1) is 0 Å². The van der Waals surface area contributed by atoms with E-state index in [1.807, 2.05) is 26.0 Å². The third-order valence-corrected chi connectivity index (χ3v) is 6.02. The third kappa shape index (κ3) is 5.75. The molecule has 0 spiro atoms. The minimum atomic E-state index is 0.00975. The normalized spacial score (nSPS) is 15.8. The van der Waals surface area contributed by atoms with Gasteiger partial charge in [0.15, 0.2) is 0 Å². The number of anilines is 1. The molecular weight excluding hydrogens is 360 g/mol. The van der Waals surface area contributed by atoms with Crippen molar-refractivity contribution >= 4 is 11.6 Å². The number of benzene rings is 2. The molecule has 1 fully saturated rings. The molecule has 0 aromatic heterocycles. The Bertz CT molecular complexity index is 808. The van der Waals surface area contributed by atoms with Crippen molar-refractivity contribution in [2.24, 2.45) is 5.92 Å². The molecule has 0 radical (unpaired) electrons. The standard InChI is InChI=1S/C25H34N2O2/c1-18-13-15-27(16-14-18)23-9-7-22(8-10-23)20(3)26-25(28)12-6-21-5-11-24(29-4)19(2)17-21/h5,7-11,17-18,20H,6,12-16H2,1-4H3,(H,26,28)/t20-/m1/s1. The molecule has 2 aromatic rings. The SMILES string of the molecule is COc1ccc(CCC(=O)N[C@H](C)c2ccc(N3CCC(C)CC3)cc2)cc1C. The summed E-state index contributed by atoms with van der Waals surface area (Å²) in [6.45, 7) is 8.68. The van der Waals surface area contributed by atoms with Crippen LogP contribution >= 0.6 is 0 Å². The zero-order valence-electron chi connectivity index (χ0n) is 18.2. The zero-order chi connectivity index (χ0) is 20.8. The van der Waals surface area contributed by atoms with Crippen LogP contribution < -0.4 is 15.0 Å². The monoisotopic (exact) mass is 394 g/mol. The molecule has 1 aliphatic heterocycles. The van der Waals surface area contributed by atoms with Gasteiger partial charge in [-0.1, -0.05) is 31.2 Å².